The van der Waals surface area contributed by atoms with Crippen molar-refractivity contribution in [3.8, 4) is 0 Å². The Morgan fingerprint density at radius 1 is 1.35 bits per heavy atom. The minimum atomic E-state index is -0.367. The van der Waals surface area contributed by atoms with Gasteiger partial charge in [0, 0.05) is 5.69 Å². The first-order chi connectivity index (χ1) is 8.08. The highest BCUT2D eigenvalue weighted by molar-refractivity contribution is 6.20. The lowest BCUT2D eigenvalue weighted by Gasteiger charge is -2.22. The molecule has 0 saturated heterocycles. The summed E-state index contributed by atoms with van der Waals surface area (Å²) in [5.74, 6) is 0.202. The number of carbonyl (C=O) groups is 1. The fraction of sp³-hybridized carbons (Fsp3) is 0.417. The lowest BCUT2D eigenvalue weighted by molar-refractivity contribution is 0.100. The number of fused-ring (bicyclic) bond motifs is 3. The van der Waals surface area contributed by atoms with Crippen LogP contribution in [-0.2, 0) is 12.8 Å². The second-order valence-electron chi connectivity index (χ2n) is 4.81. The van der Waals surface area contributed by atoms with Gasteiger partial charge in [-0.25, -0.2) is 0 Å². The van der Waals surface area contributed by atoms with E-state index < -0.39 is 0 Å². The number of nitrogens with one attached hydrogen (secondary N) is 1. The van der Waals surface area contributed by atoms with E-state index in [0.29, 0.717) is 11.5 Å². The van der Waals surface area contributed by atoms with Crippen LogP contribution in [0.3, 0.4) is 0 Å². The number of aromatic amines is 1. The number of pyridine rings is 1. The number of amides is 1. The highest BCUT2D eigenvalue weighted by atomic mass is 16.2. The van der Waals surface area contributed by atoms with E-state index in [2.05, 4.69) is 16.9 Å². The molecule has 1 aromatic heterocycles. The van der Waals surface area contributed by atoms with E-state index in [9.17, 15) is 9.59 Å². The van der Waals surface area contributed by atoms with Crippen molar-refractivity contribution < 1.29 is 4.79 Å². The quantitative estimate of drug-likeness (QED) is 0.675. The third kappa shape index (κ3) is 1.35. The number of rotatable bonds is 0. The van der Waals surface area contributed by atoms with Crippen LogP contribution >= 0.6 is 0 Å². The monoisotopic (exact) mass is 231 g/mol. The Labute approximate surface area is 97.8 Å². The zero-order valence-electron chi connectivity index (χ0n) is 9.54. The first-order valence-electron chi connectivity index (χ1n) is 5.75. The van der Waals surface area contributed by atoms with Gasteiger partial charge in [-0.3, -0.25) is 9.59 Å². The van der Waals surface area contributed by atoms with Gasteiger partial charge in [-0.1, -0.05) is 6.92 Å². The number of H-pyrrole nitrogens is 1. The third-order valence-electron chi connectivity index (χ3n) is 3.54. The normalized spacial score (nSPS) is 22.1. The highest BCUT2D eigenvalue weighted by Crippen LogP contribution is 2.29. The van der Waals surface area contributed by atoms with Crippen molar-refractivity contribution >= 4 is 11.7 Å². The molecule has 0 fully saturated rings. The molecule has 1 unspecified atom stereocenters. The lowest BCUT2D eigenvalue weighted by Crippen LogP contribution is -2.28. The molecule has 0 radical (unpaired) electrons. The molecule has 1 amide bonds. The minimum Gasteiger partial charge on any atom is -0.383 e. The summed E-state index contributed by atoms with van der Waals surface area (Å²) in [4.78, 5) is 30.2. The fourth-order valence-electron chi connectivity index (χ4n) is 2.67. The van der Waals surface area contributed by atoms with Crippen LogP contribution in [0.2, 0.25) is 0 Å². The lowest BCUT2D eigenvalue weighted by atomic mass is 9.84. The van der Waals surface area contributed by atoms with E-state index in [1.54, 1.807) is 0 Å². The van der Waals surface area contributed by atoms with Gasteiger partial charge >= 0.3 is 0 Å². The summed E-state index contributed by atoms with van der Waals surface area (Å²) in [5.41, 5.74) is 7.84. The second-order valence-corrected chi connectivity index (χ2v) is 4.81. The molecule has 3 N–H and O–H groups in total. The number of aromatic nitrogens is 1. The number of aliphatic imine (C=N–C) groups is 1. The average molecular weight is 231 g/mol. The Hall–Kier alpha value is -1.91. The maximum Gasteiger partial charge on any atom is 0.280 e. The summed E-state index contributed by atoms with van der Waals surface area (Å²) in [6.45, 7) is 2.14. The van der Waals surface area contributed by atoms with E-state index in [0.717, 1.165) is 30.5 Å². The van der Waals surface area contributed by atoms with Crippen LogP contribution in [0.15, 0.2) is 9.79 Å². The number of amidine groups is 1. The molecule has 2 aliphatic rings. The van der Waals surface area contributed by atoms with Crippen molar-refractivity contribution in [1.82, 2.24) is 4.98 Å². The Balaban J connectivity index is 2.32. The SMILES string of the molecule is CC1CCc2[nH]c(=O)c3c(c2C1)C(=O)N=C3N. The number of hydrogen-bond donors (Lipinski definition) is 2. The van der Waals surface area contributed by atoms with E-state index >= 15 is 0 Å². The van der Waals surface area contributed by atoms with E-state index in [4.69, 9.17) is 5.73 Å². The standard InChI is InChI=1S/C12H13N3O2/c1-5-2-3-7-6(4-5)8-9(12(17)14-7)10(13)15-11(8)16/h5H,2-4H2,1H3,(H,14,17)(H2,13,15,16). The molecule has 1 aliphatic carbocycles. The number of nitrogens with zero attached hydrogens (tertiary/aromatic N) is 1. The molecule has 5 nitrogen and oxygen atoms in total. The summed E-state index contributed by atoms with van der Waals surface area (Å²) < 4.78 is 0. The largest absolute Gasteiger partial charge is 0.383 e. The van der Waals surface area contributed by atoms with Crippen molar-refractivity contribution in [2.24, 2.45) is 16.6 Å². The molecule has 2 heterocycles. The molecule has 1 aliphatic heterocycles. The Morgan fingerprint density at radius 3 is 2.88 bits per heavy atom. The molecule has 1 atom stereocenters. The van der Waals surface area contributed by atoms with E-state index in [1.165, 1.54) is 0 Å². The zero-order chi connectivity index (χ0) is 12.2. The Bertz CT molecular complexity index is 613. The van der Waals surface area contributed by atoms with Crippen LogP contribution in [-0.4, -0.2) is 16.7 Å². The predicted molar refractivity (Wildman–Crippen MR) is 63.3 cm³/mol. The maximum atomic E-state index is 11.9. The van der Waals surface area contributed by atoms with Crippen LogP contribution in [0.5, 0.6) is 0 Å². The van der Waals surface area contributed by atoms with Gasteiger partial charge in [0.25, 0.3) is 11.5 Å². The van der Waals surface area contributed by atoms with Crippen molar-refractivity contribution in [3.05, 3.63) is 32.7 Å². The summed E-state index contributed by atoms with van der Waals surface area (Å²) in [5, 5.41) is 0. The smallest absolute Gasteiger partial charge is 0.280 e. The molecule has 0 spiro atoms. The maximum absolute atomic E-state index is 11.9. The fourth-order valence-corrected chi connectivity index (χ4v) is 2.67. The minimum absolute atomic E-state index is 0.0484. The van der Waals surface area contributed by atoms with Gasteiger partial charge in [-0.05, 0) is 30.7 Å². The second kappa shape index (κ2) is 3.29. The van der Waals surface area contributed by atoms with Gasteiger partial charge in [-0.15, -0.1) is 0 Å². The van der Waals surface area contributed by atoms with Crippen LogP contribution in [0, 0.1) is 5.92 Å². The molecule has 0 saturated carbocycles. The van der Waals surface area contributed by atoms with E-state index in [-0.39, 0.29) is 22.9 Å². The summed E-state index contributed by atoms with van der Waals surface area (Å²) in [6, 6.07) is 0. The average Bonchev–Trinajstić information content (AvgIpc) is 2.56. The molecule has 0 aromatic carbocycles. The molecule has 5 heteroatoms. The van der Waals surface area contributed by atoms with E-state index in [1.807, 2.05) is 0 Å². The van der Waals surface area contributed by atoms with Gasteiger partial charge in [0.2, 0.25) is 0 Å². The zero-order valence-corrected chi connectivity index (χ0v) is 9.54. The number of carbonyl (C=O) groups excluding carboxylic acids is 1. The van der Waals surface area contributed by atoms with Gasteiger partial charge in [0.05, 0.1) is 11.1 Å². The molecular weight excluding hydrogens is 218 g/mol. The van der Waals surface area contributed by atoms with Crippen LogP contribution < -0.4 is 11.3 Å². The summed E-state index contributed by atoms with van der Waals surface area (Å²) in [7, 11) is 0. The van der Waals surface area contributed by atoms with Gasteiger partial charge in [0.1, 0.15) is 5.84 Å². The Morgan fingerprint density at radius 2 is 2.12 bits per heavy atom. The summed E-state index contributed by atoms with van der Waals surface area (Å²) >= 11 is 0. The highest BCUT2D eigenvalue weighted by Gasteiger charge is 2.31. The predicted octanol–water partition coefficient (Wildman–Crippen LogP) is 0.359. The third-order valence-corrected chi connectivity index (χ3v) is 3.54. The number of hydrogen-bond acceptors (Lipinski definition) is 3. The molecular formula is C12H13N3O2. The van der Waals surface area contributed by atoms with Gasteiger partial charge < -0.3 is 10.7 Å². The van der Waals surface area contributed by atoms with Crippen molar-refractivity contribution in [2.45, 2.75) is 26.2 Å². The molecule has 88 valence electrons. The van der Waals surface area contributed by atoms with Crippen molar-refractivity contribution in [3.63, 3.8) is 0 Å². The van der Waals surface area contributed by atoms with Crippen LogP contribution in [0.4, 0.5) is 0 Å². The first kappa shape index (κ1) is 10.3. The summed E-state index contributed by atoms with van der Waals surface area (Å²) in [6.07, 6.45) is 2.65. The molecule has 17 heavy (non-hydrogen) atoms. The molecule has 1 aromatic rings. The van der Waals surface area contributed by atoms with Crippen LogP contribution in [0.25, 0.3) is 0 Å². The van der Waals surface area contributed by atoms with Gasteiger partial charge in [0.15, 0.2) is 0 Å². The molecule has 3 rings (SSSR count). The van der Waals surface area contributed by atoms with Crippen molar-refractivity contribution in [1.29, 1.82) is 0 Å². The first-order valence-corrected chi connectivity index (χ1v) is 5.75. The topological polar surface area (TPSA) is 88.3 Å². The van der Waals surface area contributed by atoms with Crippen molar-refractivity contribution in [2.75, 3.05) is 0 Å². The van der Waals surface area contributed by atoms with Gasteiger partial charge in [-0.2, -0.15) is 4.99 Å². The number of aryl methyl sites for hydroxylation is 1. The number of nitrogens with two attached hydrogens (primary N) is 1. The molecule has 0 bridgehead atoms. The Kier molecular flexibility index (Phi) is 1.98. The van der Waals surface area contributed by atoms with Crippen LogP contribution in [0.1, 0.15) is 40.5 Å².